The molecule has 3 N–H and O–H groups in total. The molecule has 1 aliphatic heterocycles. The molecule has 21 heavy (non-hydrogen) atoms. The van der Waals surface area contributed by atoms with Crippen molar-refractivity contribution in [3.05, 3.63) is 35.2 Å². The predicted octanol–water partition coefficient (Wildman–Crippen LogP) is 3.22. The molecule has 8 heteroatoms. The van der Waals surface area contributed by atoms with Gasteiger partial charge in [0.1, 0.15) is 10.7 Å². The van der Waals surface area contributed by atoms with Crippen LogP contribution < -0.4 is 11.1 Å². The Morgan fingerprint density at radius 3 is 2.86 bits per heavy atom. The SMILES string of the molecule is Cc1c(-c2ccnc(C(F)(F)F)c2)sc2c1C=NC(N)N2. The Morgan fingerprint density at radius 1 is 1.38 bits per heavy atom. The highest BCUT2D eigenvalue weighted by molar-refractivity contribution is 7.20. The first-order valence-electron chi connectivity index (χ1n) is 6.08. The summed E-state index contributed by atoms with van der Waals surface area (Å²) < 4.78 is 38.3. The van der Waals surface area contributed by atoms with Crippen molar-refractivity contribution in [2.45, 2.75) is 19.4 Å². The van der Waals surface area contributed by atoms with Crippen LogP contribution in [0.3, 0.4) is 0 Å². The summed E-state index contributed by atoms with van der Waals surface area (Å²) in [7, 11) is 0. The zero-order chi connectivity index (χ0) is 15.2. The van der Waals surface area contributed by atoms with Crippen molar-refractivity contribution in [1.29, 1.82) is 0 Å². The van der Waals surface area contributed by atoms with Crippen LogP contribution in [0, 0.1) is 6.92 Å². The van der Waals surface area contributed by atoms with Crippen molar-refractivity contribution in [2.75, 3.05) is 5.32 Å². The molecule has 1 unspecified atom stereocenters. The fraction of sp³-hybridized carbons (Fsp3) is 0.231. The number of hydrogen-bond donors (Lipinski definition) is 2. The second kappa shape index (κ2) is 4.81. The molecule has 0 aliphatic carbocycles. The Morgan fingerprint density at radius 2 is 2.14 bits per heavy atom. The molecule has 0 spiro atoms. The molecule has 0 fully saturated rings. The third kappa shape index (κ3) is 2.52. The van der Waals surface area contributed by atoms with Gasteiger partial charge < -0.3 is 5.32 Å². The molecule has 3 rings (SSSR count). The lowest BCUT2D eigenvalue weighted by atomic mass is 10.1. The van der Waals surface area contributed by atoms with Gasteiger partial charge in [0, 0.05) is 22.9 Å². The molecule has 0 radical (unpaired) electrons. The van der Waals surface area contributed by atoms with Crippen LogP contribution in [0.1, 0.15) is 16.8 Å². The molecule has 0 saturated carbocycles. The summed E-state index contributed by atoms with van der Waals surface area (Å²) >= 11 is 1.36. The first kappa shape index (κ1) is 14.0. The van der Waals surface area contributed by atoms with Gasteiger partial charge in [-0.3, -0.25) is 15.7 Å². The number of aromatic nitrogens is 1. The molecule has 4 nitrogen and oxygen atoms in total. The monoisotopic (exact) mass is 312 g/mol. The Hall–Kier alpha value is -1.93. The summed E-state index contributed by atoms with van der Waals surface area (Å²) in [5.41, 5.74) is 6.99. The van der Waals surface area contributed by atoms with Crippen LogP contribution in [0.15, 0.2) is 23.3 Å². The molecule has 1 atom stereocenters. The first-order valence-corrected chi connectivity index (χ1v) is 6.90. The topological polar surface area (TPSA) is 63.3 Å². The largest absolute Gasteiger partial charge is 0.433 e. The van der Waals surface area contributed by atoms with Gasteiger partial charge in [0.25, 0.3) is 0 Å². The molecule has 110 valence electrons. The summed E-state index contributed by atoms with van der Waals surface area (Å²) in [6.07, 6.45) is -2.16. The number of aliphatic imine (C=N–C) groups is 1. The van der Waals surface area contributed by atoms with Gasteiger partial charge in [-0.2, -0.15) is 13.2 Å². The maximum atomic E-state index is 12.8. The number of nitrogens with zero attached hydrogens (tertiary/aromatic N) is 2. The second-order valence-corrected chi connectivity index (χ2v) is 5.61. The lowest BCUT2D eigenvalue weighted by Gasteiger charge is -2.14. The summed E-state index contributed by atoms with van der Waals surface area (Å²) in [5.74, 6) is 0. The van der Waals surface area contributed by atoms with Gasteiger partial charge in [0.05, 0.1) is 0 Å². The van der Waals surface area contributed by atoms with E-state index in [0.29, 0.717) is 5.56 Å². The van der Waals surface area contributed by atoms with Gasteiger partial charge in [0.2, 0.25) is 0 Å². The summed E-state index contributed by atoms with van der Waals surface area (Å²) in [6.45, 7) is 1.85. The van der Waals surface area contributed by atoms with Crippen LogP contribution in [0.4, 0.5) is 18.2 Å². The summed E-state index contributed by atoms with van der Waals surface area (Å²) in [4.78, 5) is 8.18. The molecule has 0 aromatic carbocycles. The number of thiophene rings is 1. The van der Waals surface area contributed by atoms with E-state index in [1.54, 1.807) is 12.3 Å². The van der Waals surface area contributed by atoms with Crippen LogP contribution >= 0.6 is 11.3 Å². The van der Waals surface area contributed by atoms with E-state index in [-0.39, 0.29) is 0 Å². The zero-order valence-corrected chi connectivity index (χ0v) is 11.7. The highest BCUT2D eigenvalue weighted by Gasteiger charge is 2.33. The van der Waals surface area contributed by atoms with E-state index >= 15 is 0 Å². The maximum absolute atomic E-state index is 12.8. The number of pyridine rings is 1. The normalized spacial score (nSPS) is 17.5. The lowest BCUT2D eigenvalue weighted by Crippen LogP contribution is -2.29. The third-order valence-electron chi connectivity index (χ3n) is 3.15. The van der Waals surface area contributed by atoms with E-state index in [1.807, 2.05) is 6.92 Å². The highest BCUT2D eigenvalue weighted by Crippen LogP contribution is 2.41. The highest BCUT2D eigenvalue weighted by atomic mass is 32.1. The average Bonchev–Trinajstić information content (AvgIpc) is 2.74. The quantitative estimate of drug-likeness (QED) is 0.850. The molecule has 0 saturated heterocycles. The number of fused-ring (bicyclic) bond motifs is 1. The molecule has 2 aromatic rings. The van der Waals surface area contributed by atoms with Crippen molar-refractivity contribution in [3.8, 4) is 10.4 Å². The van der Waals surface area contributed by atoms with Crippen LogP contribution in [0.2, 0.25) is 0 Å². The van der Waals surface area contributed by atoms with Crippen molar-refractivity contribution in [1.82, 2.24) is 4.98 Å². The Labute approximate surface area is 122 Å². The molecule has 0 bridgehead atoms. The van der Waals surface area contributed by atoms with Gasteiger partial charge in [-0.1, -0.05) is 0 Å². The Balaban J connectivity index is 2.08. The smallest absolute Gasteiger partial charge is 0.343 e. The number of nitrogens with two attached hydrogens (primary N) is 1. The van der Waals surface area contributed by atoms with Crippen LogP contribution in [0.5, 0.6) is 0 Å². The van der Waals surface area contributed by atoms with Crippen LogP contribution in [-0.4, -0.2) is 17.5 Å². The fourth-order valence-electron chi connectivity index (χ4n) is 2.12. The summed E-state index contributed by atoms with van der Waals surface area (Å²) in [6, 6.07) is 2.62. The molecule has 3 heterocycles. The average molecular weight is 312 g/mol. The fourth-order valence-corrected chi connectivity index (χ4v) is 3.32. The van der Waals surface area contributed by atoms with E-state index < -0.39 is 18.2 Å². The second-order valence-electron chi connectivity index (χ2n) is 4.59. The van der Waals surface area contributed by atoms with Crippen molar-refractivity contribution < 1.29 is 13.2 Å². The predicted molar refractivity (Wildman–Crippen MR) is 76.5 cm³/mol. The minimum Gasteiger partial charge on any atom is -0.343 e. The molecule has 2 aromatic heterocycles. The first-order chi connectivity index (χ1) is 9.86. The van der Waals surface area contributed by atoms with Gasteiger partial charge in [0.15, 0.2) is 6.29 Å². The maximum Gasteiger partial charge on any atom is 0.433 e. The standard InChI is InChI=1S/C13H11F3N4S/c1-6-8-5-19-12(17)20-11(8)21-10(6)7-2-3-18-9(4-7)13(14,15)16/h2-5,12,20H,17H2,1H3. The van der Waals surface area contributed by atoms with Gasteiger partial charge in [-0.25, -0.2) is 0 Å². The minimum absolute atomic E-state index is 0.484. The Kier molecular flexibility index (Phi) is 3.22. The van der Waals surface area contributed by atoms with Gasteiger partial charge in [-0.05, 0) is 30.2 Å². The molecule has 1 aliphatic rings. The number of halogens is 3. The third-order valence-corrected chi connectivity index (χ3v) is 4.44. The number of anilines is 1. The number of rotatable bonds is 1. The lowest BCUT2D eigenvalue weighted by molar-refractivity contribution is -0.141. The number of nitrogens with one attached hydrogen (secondary N) is 1. The van der Waals surface area contributed by atoms with Crippen LogP contribution in [0.25, 0.3) is 10.4 Å². The van der Waals surface area contributed by atoms with Gasteiger partial charge >= 0.3 is 6.18 Å². The van der Waals surface area contributed by atoms with E-state index in [2.05, 4.69) is 15.3 Å². The van der Waals surface area contributed by atoms with E-state index in [4.69, 9.17) is 5.73 Å². The zero-order valence-electron chi connectivity index (χ0n) is 10.9. The minimum atomic E-state index is -4.46. The van der Waals surface area contributed by atoms with Crippen molar-refractivity contribution >= 4 is 22.6 Å². The van der Waals surface area contributed by atoms with Crippen molar-refractivity contribution in [2.24, 2.45) is 10.7 Å². The van der Waals surface area contributed by atoms with E-state index in [1.165, 1.54) is 17.5 Å². The summed E-state index contributed by atoms with van der Waals surface area (Å²) in [5, 5.41) is 3.81. The van der Waals surface area contributed by atoms with Crippen molar-refractivity contribution in [3.63, 3.8) is 0 Å². The van der Waals surface area contributed by atoms with E-state index in [9.17, 15) is 13.2 Å². The number of hydrogen-bond acceptors (Lipinski definition) is 5. The van der Waals surface area contributed by atoms with Crippen LogP contribution in [-0.2, 0) is 6.18 Å². The molecule has 0 amide bonds. The molecular formula is C13H11F3N4S. The Bertz CT molecular complexity index is 721. The van der Waals surface area contributed by atoms with Gasteiger partial charge in [-0.15, -0.1) is 11.3 Å². The van der Waals surface area contributed by atoms with E-state index in [0.717, 1.165) is 27.1 Å². The number of alkyl halides is 3. The molecular weight excluding hydrogens is 301 g/mol.